The normalized spacial score (nSPS) is 14.7. The number of aliphatic imine (C=N–C) groups is 1. The topological polar surface area (TPSA) is 64.1 Å². The molecule has 0 bridgehead atoms. The van der Waals surface area contributed by atoms with Gasteiger partial charge in [-0.1, -0.05) is 12.2 Å². The molecule has 0 amide bonds. The van der Waals surface area contributed by atoms with Crippen molar-refractivity contribution < 1.29 is 14.2 Å². The summed E-state index contributed by atoms with van der Waals surface area (Å²) in [5, 5.41) is 6.72. The highest BCUT2D eigenvalue weighted by Gasteiger charge is 2.14. The van der Waals surface area contributed by atoms with E-state index in [0.717, 1.165) is 24.4 Å². The number of guanidine groups is 1. The monoisotopic (exact) mass is 319 g/mol. The predicted octanol–water partition coefficient (Wildman–Crippen LogP) is 2.10. The van der Waals surface area contributed by atoms with Gasteiger partial charge in [0.15, 0.2) is 17.5 Å². The van der Waals surface area contributed by atoms with Crippen molar-refractivity contribution in [2.45, 2.75) is 25.4 Å². The van der Waals surface area contributed by atoms with Crippen LogP contribution in [0.2, 0.25) is 0 Å². The summed E-state index contributed by atoms with van der Waals surface area (Å²) in [7, 11) is 6.59. The first-order valence-electron chi connectivity index (χ1n) is 7.62. The van der Waals surface area contributed by atoms with Gasteiger partial charge in [-0.05, 0) is 30.5 Å². The van der Waals surface area contributed by atoms with E-state index in [0.29, 0.717) is 29.8 Å². The molecule has 2 N–H and O–H groups in total. The Hall–Kier alpha value is -2.37. The average Bonchev–Trinajstić information content (AvgIpc) is 3.10. The molecule has 0 aliphatic heterocycles. The number of ether oxygens (including phenoxy) is 3. The molecule has 2 rings (SSSR count). The number of rotatable bonds is 6. The lowest BCUT2D eigenvalue weighted by Crippen LogP contribution is -2.42. The molecule has 1 aromatic rings. The maximum Gasteiger partial charge on any atom is 0.203 e. The van der Waals surface area contributed by atoms with Crippen LogP contribution in [0.25, 0.3) is 0 Å². The Morgan fingerprint density at radius 2 is 1.70 bits per heavy atom. The van der Waals surface area contributed by atoms with E-state index in [2.05, 4.69) is 27.8 Å². The number of benzene rings is 1. The first kappa shape index (κ1) is 17.0. The molecule has 0 atom stereocenters. The Labute approximate surface area is 137 Å². The lowest BCUT2D eigenvalue weighted by Gasteiger charge is -2.18. The van der Waals surface area contributed by atoms with Gasteiger partial charge in [0.05, 0.1) is 21.3 Å². The van der Waals surface area contributed by atoms with Crippen LogP contribution in [0.5, 0.6) is 17.2 Å². The minimum Gasteiger partial charge on any atom is -0.493 e. The van der Waals surface area contributed by atoms with Crippen LogP contribution in [-0.2, 0) is 6.54 Å². The van der Waals surface area contributed by atoms with E-state index in [1.807, 2.05) is 12.1 Å². The summed E-state index contributed by atoms with van der Waals surface area (Å²) in [6, 6.07) is 4.28. The standard InChI is InChI=1S/C17H25N3O3/c1-18-17(20-13-7-5-6-8-13)19-11-12-9-14(21-2)16(23-4)15(10-12)22-3/h5-6,9-10,13H,7-8,11H2,1-4H3,(H2,18,19,20). The lowest BCUT2D eigenvalue weighted by molar-refractivity contribution is 0.323. The summed E-state index contributed by atoms with van der Waals surface area (Å²) in [6.45, 7) is 0.608. The number of methoxy groups -OCH3 is 3. The molecule has 0 radical (unpaired) electrons. The second-order valence-corrected chi connectivity index (χ2v) is 5.24. The molecule has 0 heterocycles. The molecular formula is C17H25N3O3. The van der Waals surface area contributed by atoms with Gasteiger partial charge in [-0.3, -0.25) is 4.99 Å². The largest absolute Gasteiger partial charge is 0.493 e. The Kier molecular flexibility index (Phi) is 6.14. The van der Waals surface area contributed by atoms with E-state index in [1.165, 1.54) is 0 Å². The molecule has 6 nitrogen and oxygen atoms in total. The Bertz CT molecular complexity index is 551. The second-order valence-electron chi connectivity index (χ2n) is 5.24. The van der Waals surface area contributed by atoms with Crippen LogP contribution in [0.1, 0.15) is 18.4 Å². The maximum atomic E-state index is 5.37. The highest BCUT2D eigenvalue weighted by atomic mass is 16.5. The summed E-state index contributed by atoms with van der Waals surface area (Å²) in [5.41, 5.74) is 1.02. The Morgan fingerprint density at radius 3 is 2.17 bits per heavy atom. The molecule has 1 aliphatic rings. The van der Waals surface area contributed by atoms with Crippen molar-refractivity contribution in [2.75, 3.05) is 28.4 Å². The van der Waals surface area contributed by atoms with Crippen molar-refractivity contribution in [1.29, 1.82) is 0 Å². The van der Waals surface area contributed by atoms with Gasteiger partial charge in [0.25, 0.3) is 0 Å². The van der Waals surface area contributed by atoms with Crippen LogP contribution in [0, 0.1) is 0 Å². The van der Waals surface area contributed by atoms with E-state index in [9.17, 15) is 0 Å². The molecule has 6 heteroatoms. The van der Waals surface area contributed by atoms with Gasteiger partial charge >= 0.3 is 0 Å². The average molecular weight is 319 g/mol. The maximum absolute atomic E-state index is 5.37. The highest BCUT2D eigenvalue weighted by Crippen LogP contribution is 2.38. The number of nitrogens with zero attached hydrogens (tertiary/aromatic N) is 1. The number of nitrogens with one attached hydrogen (secondary N) is 2. The molecule has 0 fully saturated rings. The van der Waals surface area contributed by atoms with Crippen LogP contribution < -0.4 is 24.8 Å². The summed E-state index contributed by atoms with van der Waals surface area (Å²) < 4.78 is 16.1. The van der Waals surface area contributed by atoms with Crippen LogP contribution in [0.4, 0.5) is 0 Å². The molecule has 0 saturated heterocycles. The van der Waals surface area contributed by atoms with Gasteiger partial charge < -0.3 is 24.8 Å². The third kappa shape index (κ3) is 4.31. The molecular weight excluding hydrogens is 294 g/mol. The van der Waals surface area contributed by atoms with Crippen molar-refractivity contribution in [3.05, 3.63) is 29.8 Å². The van der Waals surface area contributed by atoms with E-state index >= 15 is 0 Å². The van der Waals surface area contributed by atoms with Crippen LogP contribution in [-0.4, -0.2) is 40.4 Å². The van der Waals surface area contributed by atoms with Gasteiger partial charge in [0.2, 0.25) is 5.75 Å². The van der Waals surface area contributed by atoms with E-state index in [-0.39, 0.29) is 0 Å². The summed E-state index contributed by atoms with van der Waals surface area (Å²) in [6.07, 6.45) is 6.43. The zero-order chi connectivity index (χ0) is 16.7. The SMILES string of the molecule is CN=C(NCc1cc(OC)c(OC)c(OC)c1)NC1CC=CC1. The fourth-order valence-electron chi connectivity index (χ4n) is 2.55. The number of hydrogen-bond acceptors (Lipinski definition) is 4. The minimum absolute atomic E-state index is 0.418. The van der Waals surface area contributed by atoms with Crippen LogP contribution in [0.3, 0.4) is 0 Å². The molecule has 1 aromatic carbocycles. The van der Waals surface area contributed by atoms with Gasteiger partial charge in [-0.2, -0.15) is 0 Å². The van der Waals surface area contributed by atoms with E-state index in [4.69, 9.17) is 14.2 Å². The molecule has 126 valence electrons. The molecule has 0 saturated carbocycles. The smallest absolute Gasteiger partial charge is 0.203 e. The third-order valence-electron chi connectivity index (χ3n) is 3.76. The summed E-state index contributed by atoms with van der Waals surface area (Å²) in [4.78, 5) is 4.26. The van der Waals surface area contributed by atoms with Crippen LogP contribution in [0.15, 0.2) is 29.3 Å². The van der Waals surface area contributed by atoms with Gasteiger partial charge in [0, 0.05) is 19.6 Å². The first-order valence-corrected chi connectivity index (χ1v) is 7.62. The Morgan fingerprint density at radius 1 is 1.09 bits per heavy atom. The van der Waals surface area contributed by atoms with E-state index < -0.39 is 0 Å². The van der Waals surface area contributed by atoms with Crippen molar-refractivity contribution in [1.82, 2.24) is 10.6 Å². The highest BCUT2D eigenvalue weighted by molar-refractivity contribution is 5.80. The fourth-order valence-corrected chi connectivity index (χ4v) is 2.55. The van der Waals surface area contributed by atoms with E-state index in [1.54, 1.807) is 28.4 Å². The van der Waals surface area contributed by atoms with Crippen LogP contribution >= 0.6 is 0 Å². The Balaban J connectivity index is 2.04. The number of hydrogen-bond donors (Lipinski definition) is 2. The first-order chi connectivity index (χ1) is 11.2. The molecule has 1 aliphatic carbocycles. The van der Waals surface area contributed by atoms with Crippen molar-refractivity contribution in [3.63, 3.8) is 0 Å². The zero-order valence-corrected chi connectivity index (χ0v) is 14.2. The quantitative estimate of drug-likeness (QED) is 0.477. The fraction of sp³-hybridized carbons (Fsp3) is 0.471. The molecule has 0 aromatic heterocycles. The van der Waals surface area contributed by atoms with Gasteiger partial charge in [-0.25, -0.2) is 0 Å². The minimum atomic E-state index is 0.418. The summed E-state index contributed by atoms with van der Waals surface area (Å²) >= 11 is 0. The third-order valence-corrected chi connectivity index (χ3v) is 3.76. The molecule has 23 heavy (non-hydrogen) atoms. The van der Waals surface area contributed by atoms with Gasteiger partial charge in [-0.15, -0.1) is 0 Å². The summed E-state index contributed by atoms with van der Waals surface area (Å²) in [5.74, 6) is 2.67. The van der Waals surface area contributed by atoms with Crippen molar-refractivity contribution >= 4 is 5.96 Å². The van der Waals surface area contributed by atoms with Crippen molar-refractivity contribution in [2.24, 2.45) is 4.99 Å². The second kappa shape index (κ2) is 8.31. The zero-order valence-electron chi connectivity index (χ0n) is 14.2. The molecule has 0 unspecified atom stereocenters. The van der Waals surface area contributed by atoms with Gasteiger partial charge in [0.1, 0.15) is 0 Å². The predicted molar refractivity (Wildman–Crippen MR) is 91.6 cm³/mol. The lowest BCUT2D eigenvalue weighted by atomic mass is 10.1. The van der Waals surface area contributed by atoms with Crippen molar-refractivity contribution in [3.8, 4) is 17.2 Å². The molecule has 0 spiro atoms.